The lowest BCUT2D eigenvalue weighted by Gasteiger charge is -2.21. The fourth-order valence-corrected chi connectivity index (χ4v) is 3.38. The van der Waals surface area contributed by atoms with Gasteiger partial charge in [0, 0.05) is 15.6 Å². The molecule has 0 spiro atoms. The van der Waals surface area contributed by atoms with Crippen LogP contribution in [0, 0.1) is 0 Å². The summed E-state index contributed by atoms with van der Waals surface area (Å²) in [5, 5.41) is 0.242. The van der Waals surface area contributed by atoms with E-state index in [2.05, 4.69) is 15.9 Å². The molecule has 0 atom stereocenters. The summed E-state index contributed by atoms with van der Waals surface area (Å²) in [6.45, 7) is 0. The van der Waals surface area contributed by atoms with E-state index < -0.39 is 0 Å². The van der Waals surface area contributed by atoms with Crippen LogP contribution in [0.4, 0.5) is 0 Å². The first-order valence-electron chi connectivity index (χ1n) is 7.50. The fraction of sp³-hybridized carbons (Fsp3) is 0. The van der Waals surface area contributed by atoms with E-state index in [0.29, 0.717) is 22.6 Å². The van der Waals surface area contributed by atoms with Crippen LogP contribution in [0.1, 0.15) is 31.8 Å². The van der Waals surface area contributed by atoms with Crippen molar-refractivity contribution in [2.24, 2.45) is 0 Å². The summed E-state index contributed by atoms with van der Waals surface area (Å²) >= 11 is 9.59. The van der Waals surface area contributed by atoms with Crippen LogP contribution in [0.3, 0.4) is 0 Å². The molecular weight excluding hydrogens is 404 g/mol. The maximum atomic E-state index is 13.0. The third-order valence-electron chi connectivity index (χ3n) is 4.03. The molecule has 0 unspecified atom stereocenters. The van der Waals surface area contributed by atoms with E-state index in [0.717, 1.165) is 4.47 Å². The number of hydrogen-bond donors (Lipinski definition) is 0. The molecule has 0 saturated heterocycles. The smallest absolute Gasteiger partial charge is 0.198 e. The summed E-state index contributed by atoms with van der Waals surface area (Å²) in [4.78, 5) is 25.8. The van der Waals surface area contributed by atoms with Crippen LogP contribution in [0.25, 0.3) is 0 Å². The predicted octanol–water partition coefficient (Wildman–Crippen LogP) is 5.67. The highest BCUT2D eigenvalue weighted by Gasteiger charge is 2.34. The zero-order valence-electron chi connectivity index (χ0n) is 12.8. The first-order chi connectivity index (χ1) is 12.1. The van der Waals surface area contributed by atoms with E-state index in [-0.39, 0.29) is 27.7 Å². The monoisotopic (exact) mass is 412 g/mol. The predicted molar refractivity (Wildman–Crippen MR) is 99.0 cm³/mol. The number of halogens is 2. The summed E-state index contributed by atoms with van der Waals surface area (Å²) in [6, 6.07) is 17.1. The fourth-order valence-electron chi connectivity index (χ4n) is 2.87. The highest BCUT2D eigenvalue weighted by atomic mass is 79.9. The number of carbonyl (C=O) groups is 2. The molecule has 3 aromatic rings. The lowest BCUT2D eigenvalue weighted by Crippen LogP contribution is -2.22. The van der Waals surface area contributed by atoms with Crippen LogP contribution in [-0.2, 0) is 0 Å². The van der Waals surface area contributed by atoms with Crippen LogP contribution >= 0.6 is 27.5 Å². The maximum Gasteiger partial charge on any atom is 0.198 e. The summed E-state index contributed by atoms with van der Waals surface area (Å²) in [5.41, 5.74) is 1.13. The maximum absolute atomic E-state index is 13.0. The molecule has 0 heterocycles. The van der Waals surface area contributed by atoms with Crippen molar-refractivity contribution in [1.29, 1.82) is 0 Å². The van der Waals surface area contributed by atoms with Gasteiger partial charge in [-0.3, -0.25) is 9.59 Å². The van der Waals surface area contributed by atoms with Gasteiger partial charge in [0.15, 0.2) is 11.6 Å². The largest absolute Gasteiger partial charge is 0.457 e. The molecule has 0 bridgehead atoms. The Kier molecular flexibility index (Phi) is 3.94. The molecule has 25 heavy (non-hydrogen) atoms. The molecule has 0 saturated carbocycles. The number of hydrogen-bond acceptors (Lipinski definition) is 3. The van der Waals surface area contributed by atoms with Crippen molar-refractivity contribution in [2.75, 3.05) is 0 Å². The van der Waals surface area contributed by atoms with E-state index in [1.54, 1.807) is 48.5 Å². The number of ketones is 2. The minimum absolute atomic E-state index is 0.194. The Morgan fingerprint density at radius 3 is 2.00 bits per heavy atom. The summed E-state index contributed by atoms with van der Waals surface area (Å²) in [5.74, 6) is 0.345. The second kappa shape index (κ2) is 6.14. The molecule has 0 fully saturated rings. The number of carbonyl (C=O) groups excluding carboxylic acids is 2. The normalized spacial score (nSPS) is 12.6. The Morgan fingerprint density at radius 2 is 1.36 bits per heavy atom. The highest BCUT2D eigenvalue weighted by molar-refractivity contribution is 9.10. The molecule has 0 amide bonds. The standard InChI is InChI=1S/C20H10BrClO3/c21-11-5-7-12(8-6-11)25-16-10-9-15(22)17-18(16)20(24)14-4-2-1-3-13(14)19(17)23/h1-10H. The summed E-state index contributed by atoms with van der Waals surface area (Å²) in [6.07, 6.45) is 0. The molecule has 3 aromatic carbocycles. The average Bonchev–Trinajstić information content (AvgIpc) is 2.63. The molecule has 122 valence electrons. The Hall–Kier alpha value is -2.43. The Morgan fingerprint density at radius 1 is 0.760 bits per heavy atom. The van der Waals surface area contributed by atoms with Gasteiger partial charge in [-0.05, 0) is 36.4 Å². The topological polar surface area (TPSA) is 43.4 Å². The van der Waals surface area contributed by atoms with Crippen molar-refractivity contribution in [3.63, 3.8) is 0 Å². The lowest BCUT2D eigenvalue weighted by atomic mass is 9.83. The molecule has 0 N–H and O–H groups in total. The number of fused-ring (bicyclic) bond motifs is 2. The third kappa shape index (κ3) is 2.68. The van der Waals surface area contributed by atoms with Crippen molar-refractivity contribution in [1.82, 2.24) is 0 Å². The molecule has 3 nitrogen and oxygen atoms in total. The molecule has 1 aliphatic rings. The zero-order valence-corrected chi connectivity index (χ0v) is 15.1. The molecular formula is C20H10BrClO3. The second-order valence-electron chi connectivity index (χ2n) is 5.56. The van der Waals surface area contributed by atoms with Crippen molar-refractivity contribution in [2.45, 2.75) is 0 Å². The van der Waals surface area contributed by atoms with Crippen LogP contribution in [0.15, 0.2) is 65.1 Å². The van der Waals surface area contributed by atoms with Crippen molar-refractivity contribution in [3.05, 3.63) is 92.4 Å². The molecule has 1 aliphatic carbocycles. The minimum Gasteiger partial charge on any atom is -0.457 e. The van der Waals surface area contributed by atoms with Gasteiger partial charge in [0.05, 0.1) is 16.1 Å². The van der Waals surface area contributed by atoms with Crippen LogP contribution in [0.2, 0.25) is 5.02 Å². The van der Waals surface area contributed by atoms with Crippen molar-refractivity contribution in [3.8, 4) is 11.5 Å². The van der Waals surface area contributed by atoms with Crippen LogP contribution < -0.4 is 4.74 Å². The Labute approximate surface area is 157 Å². The highest BCUT2D eigenvalue weighted by Crippen LogP contribution is 2.38. The number of benzene rings is 3. The van der Waals surface area contributed by atoms with E-state index in [1.807, 2.05) is 12.1 Å². The van der Waals surface area contributed by atoms with E-state index in [4.69, 9.17) is 16.3 Å². The molecule has 0 radical (unpaired) electrons. The third-order valence-corrected chi connectivity index (χ3v) is 4.87. The van der Waals surface area contributed by atoms with E-state index >= 15 is 0 Å². The van der Waals surface area contributed by atoms with Crippen molar-refractivity contribution >= 4 is 39.1 Å². The first-order valence-corrected chi connectivity index (χ1v) is 8.67. The van der Waals surface area contributed by atoms with Crippen molar-refractivity contribution < 1.29 is 14.3 Å². The Balaban J connectivity index is 1.88. The molecule has 0 aromatic heterocycles. The van der Waals surface area contributed by atoms with Gasteiger partial charge in [0.1, 0.15) is 11.5 Å². The van der Waals surface area contributed by atoms with Crippen LogP contribution in [0.5, 0.6) is 11.5 Å². The molecule has 0 aliphatic heterocycles. The minimum atomic E-state index is -0.267. The summed E-state index contributed by atoms with van der Waals surface area (Å²) in [7, 11) is 0. The number of ether oxygens (including phenoxy) is 1. The van der Waals surface area contributed by atoms with Gasteiger partial charge in [-0.2, -0.15) is 0 Å². The SMILES string of the molecule is O=C1c2ccccc2C(=O)c2c(Oc3ccc(Br)cc3)ccc(Cl)c21. The average molecular weight is 414 g/mol. The van der Waals surface area contributed by atoms with Crippen LogP contribution in [-0.4, -0.2) is 11.6 Å². The van der Waals surface area contributed by atoms with Gasteiger partial charge in [-0.25, -0.2) is 0 Å². The van der Waals surface area contributed by atoms with Gasteiger partial charge < -0.3 is 4.74 Å². The first kappa shape index (κ1) is 16.1. The molecule has 4 rings (SSSR count). The van der Waals surface area contributed by atoms with Gasteiger partial charge in [0.25, 0.3) is 0 Å². The van der Waals surface area contributed by atoms with E-state index in [1.165, 1.54) is 0 Å². The van der Waals surface area contributed by atoms with E-state index in [9.17, 15) is 9.59 Å². The van der Waals surface area contributed by atoms with Gasteiger partial charge in [-0.15, -0.1) is 0 Å². The van der Waals surface area contributed by atoms with Gasteiger partial charge in [0.2, 0.25) is 0 Å². The number of rotatable bonds is 2. The zero-order chi connectivity index (χ0) is 17.6. The summed E-state index contributed by atoms with van der Waals surface area (Å²) < 4.78 is 6.78. The quantitative estimate of drug-likeness (QED) is 0.425. The van der Waals surface area contributed by atoms with Gasteiger partial charge in [-0.1, -0.05) is 51.8 Å². The molecule has 5 heteroatoms. The van der Waals surface area contributed by atoms with Gasteiger partial charge >= 0.3 is 0 Å². The lowest BCUT2D eigenvalue weighted by molar-refractivity contribution is 0.0977. The Bertz CT molecular complexity index is 1030. The second-order valence-corrected chi connectivity index (χ2v) is 6.88.